The zero-order valence-electron chi connectivity index (χ0n) is 14.4. The highest BCUT2D eigenvalue weighted by Gasteiger charge is 2.32. The first-order valence-corrected chi connectivity index (χ1v) is 8.60. The minimum absolute atomic E-state index is 0.0488. The number of nitrogens with two attached hydrogens (primary N) is 1. The van der Waals surface area contributed by atoms with Crippen LogP contribution in [0.3, 0.4) is 0 Å². The summed E-state index contributed by atoms with van der Waals surface area (Å²) in [6, 6.07) is 7.46. The van der Waals surface area contributed by atoms with E-state index in [-0.39, 0.29) is 36.1 Å². The molecular formula is C19H23N3O3. The maximum Gasteiger partial charge on any atom is 0.225 e. The number of piperidine rings is 1. The van der Waals surface area contributed by atoms with E-state index in [1.54, 1.807) is 16.0 Å². The number of hydrogen-bond acceptors (Lipinski definition) is 3. The summed E-state index contributed by atoms with van der Waals surface area (Å²) in [7, 11) is 0. The van der Waals surface area contributed by atoms with Gasteiger partial charge >= 0.3 is 0 Å². The van der Waals surface area contributed by atoms with Crippen LogP contribution in [-0.2, 0) is 14.4 Å². The first kappa shape index (κ1) is 17.2. The molecule has 0 unspecified atom stereocenters. The lowest BCUT2D eigenvalue weighted by molar-refractivity contribution is -0.137. The fraction of sp³-hybridized carbons (Fsp3) is 0.421. The standard InChI is InChI=1S/C19H23N3O3/c1-13(23)22-10-8-14-5-2-3-7-16(14)17(22)11-18(24)21-9-4-6-15(12-21)19(20)25/h2-3,5,7-8,10,15,17H,4,6,9,11-12H2,1H3,(H2,20,25)/t15-,17+/m0/s1. The zero-order valence-corrected chi connectivity index (χ0v) is 14.4. The number of benzene rings is 1. The quantitative estimate of drug-likeness (QED) is 0.908. The van der Waals surface area contributed by atoms with Gasteiger partial charge in [-0.05, 0) is 30.0 Å². The molecule has 2 heterocycles. The van der Waals surface area contributed by atoms with Crippen molar-refractivity contribution >= 4 is 23.8 Å². The molecule has 2 aliphatic heterocycles. The number of hydrogen-bond donors (Lipinski definition) is 1. The number of primary amides is 1. The van der Waals surface area contributed by atoms with Crippen LogP contribution < -0.4 is 5.73 Å². The number of fused-ring (bicyclic) bond motifs is 1. The summed E-state index contributed by atoms with van der Waals surface area (Å²) in [6.07, 6.45) is 5.34. The van der Waals surface area contributed by atoms with E-state index < -0.39 is 0 Å². The summed E-state index contributed by atoms with van der Waals surface area (Å²) in [5.74, 6) is -0.779. The smallest absolute Gasteiger partial charge is 0.225 e. The third-order valence-corrected chi connectivity index (χ3v) is 5.01. The van der Waals surface area contributed by atoms with Gasteiger partial charge in [-0.15, -0.1) is 0 Å². The van der Waals surface area contributed by atoms with E-state index in [1.807, 2.05) is 30.3 Å². The molecule has 132 valence electrons. The molecule has 2 aliphatic rings. The van der Waals surface area contributed by atoms with Crippen molar-refractivity contribution in [2.45, 2.75) is 32.2 Å². The first-order chi connectivity index (χ1) is 12.0. The van der Waals surface area contributed by atoms with E-state index in [4.69, 9.17) is 5.73 Å². The van der Waals surface area contributed by atoms with Crippen molar-refractivity contribution in [2.24, 2.45) is 11.7 Å². The topological polar surface area (TPSA) is 83.7 Å². The Labute approximate surface area is 147 Å². The molecule has 0 saturated carbocycles. The second-order valence-corrected chi connectivity index (χ2v) is 6.67. The van der Waals surface area contributed by atoms with Crippen molar-refractivity contribution in [1.29, 1.82) is 0 Å². The Bertz CT molecular complexity index is 728. The molecule has 0 bridgehead atoms. The average Bonchev–Trinajstić information content (AvgIpc) is 2.61. The highest BCUT2D eigenvalue weighted by molar-refractivity contribution is 5.83. The van der Waals surface area contributed by atoms with Crippen LogP contribution >= 0.6 is 0 Å². The Hall–Kier alpha value is -2.63. The summed E-state index contributed by atoms with van der Waals surface area (Å²) >= 11 is 0. The molecule has 1 aromatic carbocycles. The Morgan fingerprint density at radius 3 is 2.72 bits per heavy atom. The van der Waals surface area contributed by atoms with Crippen LogP contribution in [0.25, 0.3) is 6.08 Å². The highest BCUT2D eigenvalue weighted by atomic mass is 16.2. The van der Waals surface area contributed by atoms with Gasteiger partial charge in [-0.2, -0.15) is 0 Å². The van der Waals surface area contributed by atoms with E-state index in [2.05, 4.69) is 0 Å². The molecule has 1 aromatic rings. The Morgan fingerprint density at radius 2 is 2.00 bits per heavy atom. The van der Waals surface area contributed by atoms with E-state index in [1.165, 1.54) is 6.92 Å². The highest BCUT2D eigenvalue weighted by Crippen LogP contribution is 2.33. The molecule has 2 N–H and O–H groups in total. The van der Waals surface area contributed by atoms with Crippen molar-refractivity contribution in [3.8, 4) is 0 Å². The van der Waals surface area contributed by atoms with Crippen LogP contribution in [-0.4, -0.2) is 40.6 Å². The van der Waals surface area contributed by atoms with E-state index >= 15 is 0 Å². The SMILES string of the molecule is CC(=O)N1C=Cc2ccccc2[C@H]1CC(=O)N1CCC[C@H](C(N)=O)C1. The fourth-order valence-electron chi connectivity index (χ4n) is 3.64. The minimum atomic E-state index is -0.353. The van der Waals surface area contributed by atoms with Gasteiger partial charge < -0.3 is 15.5 Å². The molecule has 3 rings (SSSR count). The molecule has 6 nitrogen and oxygen atoms in total. The molecule has 3 amide bonds. The van der Waals surface area contributed by atoms with Crippen molar-refractivity contribution < 1.29 is 14.4 Å². The number of rotatable bonds is 3. The van der Waals surface area contributed by atoms with Crippen molar-refractivity contribution in [3.63, 3.8) is 0 Å². The fourth-order valence-corrected chi connectivity index (χ4v) is 3.64. The van der Waals surface area contributed by atoms with Gasteiger partial charge in [0.15, 0.2) is 0 Å². The van der Waals surface area contributed by atoms with E-state index in [9.17, 15) is 14.4 Å². The normalized spacial score (nSPS) is 22.4. The summed E-state index contributed by atoms with van der Waals surface area (Å²) in [4.78, 5) is 39.6. The van der Waals surface area contributed by atoms with E-state index in [0.29, 0.717) is 13.1 Å². The monoisotopic (exact) mass is 341 g/mol. The summed E-state index contributed by atoms with van der Waals surface area (Å²) in [5.41, 5.74) is 7.39. The third kappa shape index (κ3) is 3.57. The van der Waals surface area contributed by atoms with Gasteiger partial charge in [0.25, 0.3) is 0 Å². The first-order valence-electron chi connectivity index (χ1n) is 8.60. The van der Waals surface area contributed by atoms with Crippen molar-refractivity contribution in [2.75, 3.05) is 13.1 Å². The predicted molar refractivity (Wildman–Crippen MR) is 93.9 cm³/mol. The average molecular weight is 341 g/mol. The second kappa shape index (κ2) is 7.09. The maximum atomic E-state index is 12.8. The zero-order chi connectivity index (χ0) is 18.0. The molecule has 1 fully saturated rings. The third-order valence-electron chi connectivity index (χ3n) is 5.01. The predicted octanol–water partition coefficient (Wildman–Crippen LogP) is 1.67. The second-order valence-electron chi connectivity index (χ2n) is 6.67. The van der Waals surface area contributed by atoms with E-state index in [0.717, 1.165) is 24.0 Å². The Balaban J connectivity index is 1.79. The largest absolute Gasteiger partial charge is 0.369 e. The Kier molecular flexibility index (Phi) is 4.88. The van der Waals surface area contributed by atoms with Crippen LogP contribution in [0.2, 0.25) is 0 Å². The molecule has 1 saturated heterocycles. The summed E-state index contributed by atoms with van der Waals surface area (Å²) in [6.45, 7) is 2.51. The summed E-state index contributed by atoms with van der Waals surface area (Å²) < 4.78 is 0. The van der Waals surface area contributed by atoms with Crippen LogP contribution in [0.5, 0.6) is 0 Å². The minimum Gasteiger partial charge on any atom is -0.369 e. The van der Waals surface area contributed by atoms with Gasteiger partial charge in [0, 0.05) is 26.2 Å². The van der Waals surface area contributed by atoms with Crippen LogP contribution in [0.15, 0.2) is 30.5 Å². The molecule has 0 radical (unpaired) electrons. The molecule has 0 aliphatic carbocycles. The summed E-state index contributed by atoms with van der Waals surface area (Å²) in [5, 5.41) is 0. The van der Waals surface area contributed by atoms with Gasteiger partial charge in [-0.3, -0.25) is 14.4 Å². The number of carbonyl (C=O) groups is 3. The van der Waals surface area contributed by atoms with Crippen molar-refractivity contribution in [1.82, 2.24) is 9.80 Å². The van der Waals surface area contributed by atoms with Crippen LogP contribution in [0.4, 0.5) is 0 Å². The molecular weight excluding hydrogens is 318 g/mol. The van der Waals surface area contributed by atoms with Gasteiger partial charge in [0.1, 0.15) is 0 Å². The van der Waals surface area contributed by atoms with Crippen LogP contribution in [0.1, 0.15) is 43.4 Å². The van der Waals surface area contributed by atoms with Crippen LogP contribution in [0, 0.1) is 5.92 Å². The van der Waals surface area contributed by atoms with Gasteiger partial charge in [0.05, 0.1) is 18.4 Å². The lowest BCUT2D eigenvalue weighted by Crippen LogP contribution is -2.45. The van der Waals surface area contributed by atoms with Gasteiger partial charge in [-0.1, -0.05) is 24.3 Å². The van der Waals surface area contributed by atoms with Gasteiger partial charge in [-0.25, -0.2) is 0 Å². The number of nitrogens with zero attached hydrogens (tertiary/aromatic N) is 2. The lowest BCUT2D eigenvalue weighted by atomic mass is 9.92. The number of amides is 3. The number of carbonyl (C=O) groups excluding carboxylic acids is 3. The molecule has 0 spiro atoms. The molecule has 6 heteroatoms. The maximum absolute atomic E-state index is 12.8. The molecule has 0 aromatic heterocycles. The Morgan fingerprint density at radius 1 is 1.24 bits per heavy atom. The molecule has 25 heavy (non-hydrogen) atoms. The van der Waals surface area contributed by atoms with Crippen molar-refractivity contribution in [3.05, 3.63) is 41.6 Å². The van der Waals surface area contributed by atoms with Gasteiger partial charge in [0.2, 0.25) is 17.7 Å². The number of likely N-dealkylation sites (tertiary alicyclic amines) is 1. The molecule has 2 atom stereocenters. The lowest BCUT2D eigenvalue weighted by Gasteiger charge is -2.36.